The molecule has 0 radical (unpaired) electrons. The van der Waals surface area contributed by atoms with E-state index in [-0.39, 0.29) is 6.04 Å². The summed E-state index contributed by atoms with van der Waals surface area (Å²) in [5.41, 5.74) is -0.859. The van der Waals surface area contributed by atoms with Crippen molar-refractivity contribution in [1.82, 2.24) is 5.32 Å². The van der Waals surface area contributed by atoms with Crippen molar-refractivity contribution in [3.63, 3.8) is 0 Å². The van der Waals surface area contributed by atoms with Gasteiger partial charge in [0.25, 0.3) is 0 Å². The van der Waals surface area contributed by atoms with Crippen LogP contribution in [-0.4, -0.2) is 28.9 Å². The molecule has 0 aromatic carbocycles. The van der Waals surface area contributed by atoms with Crippen LogP contribution < -0.4 is 5.32 Å². The van der Waals surface area contributed by atoms with Crippen LogP contribution in [-0.2, 0) is 9.59 Å². The Bertz CT molecular complexity index is 317. The zero-order valence-electron chi connectivity index (χ0n) is 11.6. The van der Waals surface area contributed by atoms with Crippen LogP contribution in [0.25, 0.3) is 0 Å². The number of carbonyl (C=O) groups excluding carboxylic acids is 1. The third-order valence-electron chi connectivity index (χ3n) is 4.80. The third-order valence-corrected chi connectivity index (χ3v) is 4.80. The van der Waals surface area contributed by atoms with Gasteiger partial charge in [-0.15, -0.1) is 0 Å². The van der Waals surface area contributed by atoms with E-state index in [9.17, 15) is 14.7 Å². The summed E-state index contributed by atoms with van der Waals surface area (Å²) in [7, 11) is 0. The lowest BCUT2D eigenvalue weighted by Gasteiger charge is -2.36. The first-order chi connectivity index (χ1) is 9.16. The molecule has 0 bridgehead atoms. The lowest BCUT2D eigenvalue weighted by Crippen LogP contribution is -2.57. The minimum Gasteiger partial charge on any atom is -0.480 e. The van der Waals surface area contributed by atoms with E-state index >= 15 is 0 Å². The van der Waals surface area contributed by atoms with Crippen molar-refractivity contribution in [1.29, 1.82) is 0 Å². The van der Waals surface area contributed by atoms with E-state index in [1.165, 1.54) is 25.7 Å². The molecule has 2 fully saturated rings. The van der Waals surface area contributed by atoms with Crippen LogP contribution in [0.3, 0.4) is 0 Å². The monoisotopic (exact) mass is 267 g/mol. The molecule has 4 nitrogen and oxygen atoms in total. The van der Waals surface area contributed by atoms with Crippen LogP contribution in [0.15, 0.2) is 0 Å². The van der Waals surface area contributed by atoms with Gasteiger partial charge in [0.15, 0.2) is 0 Å². The molecule has 0 aromatic rings. The van der Waals surface area contributed by atoms with E-state index in [1.54, 1.807) is 0 Å². The molecule has 2 saturated carbocycles. The molecular weight excluding hydrogens is 242 g/mol. The second-order valence-corrected chi connectivity index (χ2v) is 6.22. The summed E-state index contributed by atoms with van der Waals surface area (Å²) in [6.07, 6.45) is 10.9. The fraction of sp³-hybridized carbons (Fsp3) is 0.867. The van der Waals surface area contributed by atoms with Crippen molar-refractivity contribution in [2.45, 2.75) is 75.8 Å². The number of rotatable bonds is 6. The third kappa shape index (κ3) is 3.56. The first kappa shape index (κ1) is 14.5. The molecule has 2 N–H and O–H groups in total. The first-order valence-corrected chi connectivity index (χ1v) is 7.63. The largest absolute Gasteiger partial charge is 0.480 e. The van der Waals surface area contributed by atoms with Crippen molar-refractivity contribution >= 4 is 12.3 Å². The van der Waals surface area contributed by atoms with Crippen LogP contribution in [0.2, 0.25) is 0 Å². The second-order valence-electron chi connectivity index (χ2n) is 6.22. The topological polar surface area (TPSA) is 66.4 Å². The Hall–Kier alpha value is -0.900. The zero-order chi connectivity index (χ0) is 13.7. The Balaban J connectivity index is 1.97. The van der Waals surface area contributed by atoms with Gasteiger partial charge < -0.3 is 9.90 Å². The number of aldehydes is 1. The normalized spacial score (nSPS) is 25.1. The number of carboxylic acid groups (broad SMARTS) is 1. The summed E-state index contributed by atoms with van der Waals surface area (Å²) >= 11 is 0. The molecule has 0 aliphatic heterocycles. The van der Waals surface area contributed by atoms with Gasteiger partial charge in [0.2, 0.25) is 0 Å². The Morgan fingerprint density at radius 1 is 1.21 bits per heavy atom. The number of carboxylic acids is 1. The Morgan fingerprint density at radius 3 is 2.37 bits per heavy atom. The van der Waals surface area contributed by atoms with Crippen LogP contribution in [0.5, 0.6) is 0 Å². The van der Waals surface area contributed by atoms with Gasteiger partial charge in [0.05, 0.1) is 6.04 Å². The van der Waals surface area contributed by atoms with Crippen molar-refractivity contribution in [3.8, 4) is 0 Å². The van der Waals surface area contributed by atoms with Crippen molar-refractivity contribution in [3.05, 3.63) is 0 Å². The van der Waals surface area contributed by atoms with E-state index in [2.05, 4.69) is 5.32 Å². The van der Waals surface area contributed by atoms with Crippen LogP contribution in [0, 0.1) is 5.92 Å². The van der Waals surface area contributed by atoms with Gasteiger partial charge in [0, 0.05) is 0 Å². The van der Waals surface area contributed by atoms with Crippen LogP contribution in [0.1, 0.15) is 64.2 Å². The number of hydrogen-bond acceptors (Lipinski definition) is 3. The molecule has 0 amide bonds. The minimum atomic E-state index is -0.859. The molecule has 0 aromatic heterocycles. The van der Waals surface area contributed by atoms with E-state index < -0.39 is 11.5 Å². The number of aliphatic carboxylic acids is 1. The molecule has 0 heterocycles. The van der Waals surface area contributed by atoms with Crippen molar-refractivity contribution in [2.75, 3.05) is 0 Å². The fourth-order valence-corrected chi connectivity index (χ4v) is 3.68. The summed E-state index contributed by atoms with van der Waals surface area (Å²) in [6, 6.07) is -0.294. The van der Waals surface area contributed by atoms with Crippen LogP contribution in [0.4, 0.5) is 0 Å². The smallest absolute Gasteiger partial charge is 0.323 e. The lowest BCUT2D eigenvalue weighted by atomic mass is 9.80. The molecule has 19 heavy (non-hydrogen) atoms. The van der Waals surface area contributed by atoms with E-state index in [0.717, 1.165) is 32.0 Å². The first-order valence-electron chi connectivity index (χ1n) is 7.63. The minimum absolute atomic E-state index is 0.294. The van der Waals surface area contributed by atoms with E-state index in [1.807, 2.05) is 0 Å². The quantitative estimate of drug-likeness (QED) is 0.726. The number of nitrogens with one attached hydrogen (secondary N) is 1. The van der Waals surface area contributed by atoms with Gasteiger partial charge in [-0.3, -0.25) is 10.1 Å². The SMILES string of the molecule is O=CC(CC1CCCC1)NC1(C(=O)O)CCCCC1. The zero-order valence-corrected chi connectivity index (χ0v) is 11.6. The fourth-order valence-electron chi connectivity index (χ4n) is 3.68. The summed E-state index contributed by atoms with van der Waals surface area (Å²) < 4.78 is 0. The van der Waals surface area contributed by atoms with E-state index in [4.69, 9.17) is 0 Å². The summed E-state index contributed by atoms with van der Waals surface area (Å²) in [4.78, 5) is 22.9. The maximum Gasteiger partial charge on any atom is 0.323 e. The standard InChI is InChI=1S/C15H25NO3/c17-11-13(10-12-6-2-3-7-12)16-15(14(18)19)8-4-1-5-9-15/h11-13,16H,1-10H2,(H,18,19). The van der Waals surface area contributed by atoms with Gasteiger partial charge >= 0.3 is 5.97 Å². The Labute approximate surface area is 115 Å². The molecule has 0 spiro atoms. The Kier molecular flexibility index (Phi) is 4.97. The Morgan fingerprint density at radius 2 is 1.84 bits per heavy atom. The average molecular weight is 267 g/mol. The highest BCUT2D eigenvalue weighted by Crippen LogP contribution is 2.32. The van der Waals surface area contributed by atoms with Crippen molar-refractivity contribution in [2.24, 2.45) is 5.92 Å². The molecule has 4 heteroatoms. The molecule has 2 rings (SSSR count). The average Bonchev–Trinajstić information content (AvgIpc) is 2.92. The summed E-state index contributed by atoms with van der Waals surface area (Å²) in [5.74, 6) is -0.192. The summed E-state index contributed by atoms with van der Waals surface area (Å²) in [6.45, 7) is 0. The highest BCUT2D eigenvalue weighted by molar-refractivity contribution is 5.79. The molecule has 1 unspecified atom stereocenters. The van der Waals surface area contributed by atoms with E-state index in [0.29, 0.717) is 18.8 Å². The van der Waals surface area contributed by atoms with Gasteiger partial charge in [-0.1, -0.05) is 44.9 Å². The predicted octanol–water partition coefficient (Wildman–Crippen LogP) is 2.51. The number of carbonyl (C=O) groups is 2. The maximum atomic E-state index is 11.6. The second kappa shape index (κ2) is 6.51. The van der Waals surface area contributed by atoms with Crippen molar-refractivity contribution < 1.29 is 14.7 Å². The summed E-state index contributed by atoms with van der Waals surface area (Å²) in [5, 5.41) is 12.7. The lowest BCUT2D eigenvalue weighted by molar-refractivity contribution is -0.147. The van der Waals surface area contributed by atoms with Gasteiger partial charge in [-0.2, -0.15) is 0 Å². The molecule has 2 aliphatic rings. The van der Waals surface area contributed by atoms with Crippen LogP contribution >= 0.6 is 0 Å². The number of hydrogen-bond donors (Lipinski definition) is 2. The van der Waals surface area contributed by atoms with Gasteiger partial charge in [-0.05, 0) is 25.2 Å². The molecule has 0 saturated heterocycles. The van der Waals surface area contributed by atoms with Gasteiger partial charge in [0.1, 0.15) is 11.8 Å². The van der Waals surface area contributed by atoms with Gasteiger partial charge in [-0.25, -0.2) is 0 Å². The highest BCUT2D eigenvalue weighted by Gasteiger charge is 2.41. The highest BCUT2D eigenvalue weighted by atomic mass is 16.4. The maximum absolute atomic E-state index is 11.6. The molecule has 2 aliphatic carbocycles. The molecule has 108 valence electrons. The molecular formula is C15H25NO3. The predicted molar refractivity (Wildman–Crippen MR) is 73.0 cm³/mol. The molecule has 1 atom stereocenters.